The molecule has 0 amide bonds. The van der Waals surface area contributed by atoms with E-state index in [1.807, 2.05) is 0 Å². The van der Waals surface area contributed by atoms with Gasteiger partial charge in [0.25, 0.3) is 0 Å². The second-order valence-corrected chi connectivity index (χ2v) is 19.1. The molecule has 8 aromatic carbocycles. The fraction of sp³-hybridized carbons (Fsp3) is 0.147. The van der Waals surface area contributed by atoms with Crippen molar-refractivity contribution in [2.45, 2.75) is 51.4 Å². The number of fused-ring (bicyclic) bond motifs is 3. The van der Waals surface area contributed by atoms with Gasteiger partial charge in [0.1, 0.15) is 0 Å². The van der Waals surface area contributed by atoms with Crippen molar-refractivity contribution in [2.75, 3.05) is 0 Å². The molecule has 0 saturated carbocycles. The van der Waals surface area contributed by atoms with Crippen molar-refractivity contribution in [3.8, 4) is 33.4 Å². The zero-order chi connectivity index (χ0) is 46.0. The standard InChI is InChI=1S/C68H58/c1-4-49-45-59(51-21-11-6-12-22-51)43-47(2)64(44-48(3)67(49)57-39-35-54(36-40-57)53-31-29-52(30-32-53)50-19-9-5-10-20-50)56-37-33-55(34-38-56)58-41-42-63-62-27-17-18-28-65(62)68(66(63)46-58,60-23-13-7-14-24-60)61-25-15-8-16-26-61/h5-42,45-46,49,62,65H,4,43-44H2,1-3H3/b59-45+,64-47-,67-48?. The van der Waals surface area contributed by atoms with Crippen LogP contribution in [-0.2, 0) is 5.41 Å². The molecule has 0 N–H and O–H groups in total. The van der Waals surface area contributed by atoms with E-state index < -0.39 is 0 Å². The van der Waals surface area contributed by atoms with Gasteiger partial charge in [-0.1, -0.05) is 255 Å². The fourth-order valence-corrected chi connectivity index (χ4v) is 11.9. The first-order valence-electron chi connectivity index (χ1n) is 24.6. The SMILES string of the molecule is CCC1/C=C(/c2ccccc2)C/C(C)=C(\c2ccc(-c3ccc4c(c3)C(c3ccccc3)(c3ccccc3)C3C=CC=CC43)cc2)CC(C)=C1c1ccc(-c2ccc(-c3ccccc3)cc2)cc1. The topological polar surface area (TPSA) is 0 Å². The highest BCUT2D eigenvalue weighted by Crippen LogP contribution is 2.60. The molecule has 0 heterocycles. The van der Waals surface area contributed by atoms with Crippen LogP contribution in [-0.4, -0.2) is 0 Å². The molecule has 3 atom stereocenters. The maximum atomic E-state index is 2.58. The Bertz CT molecular complexity index is 3180. The van der Waals surface area contributed by atoms with Crippen molar-refractivity contribution >= 4 is 16.7 Å². The van der Waals surface area contributed by atoms with Gasteiger partial charge in [0.15, 0.2) is 0 Å². The highest BCUT2D eigenvalue weighted by molar-refractivity contribution is 5.84. The third-order valence-electron chi connectivity index (χ3n) is 15.2. The van der Waals surface area contributed by atoms with Gasteiger partial charge in [0, 0.05) is 17.8 Å². The van der Waals surface area contributed by atoms with Crippen LogP contribution in [0.5, 0.6) is 0 Å². The largest absolute Gasteiger partial charge is 0.0789 e. The van der Waals surface area contributed by atoms with Gasteiger partial charge in [0.05, 0.1) is 5.41 Å². The molecule has 3 unspecified atom stereocenters. The van der Waals surface area contributed by atoms with E-state index in [1.165, 1.54) is 100 Å². The summed E-state index contributed by atoms with van der Waals surface area (Å²) in [5.41, 5.74) is 23.7. The lowest BCUT2D eigenvalue weighted by Crippen LogP contribution is -2.35. The smallest absolute Gasteiger partial charge is 0.0525 e. The minimum Gasteiger partial charge on any atom is -0.0789 e. The molecular formula is C68H58. The summed E-state index contributed by atoms with van der Waals surface area (Å²) in [6.45, 7) is 7.10. The van der Waals surface area contributed by atoms with E-state index in [2.05, 4.69) is 263 Å². The van der Waals surface area contributed by atoms with Crippen molar-refractivity contribution < 1.29 is 0 Å². The van der Waals surface area contributed by atoms with E-state index in [0.717, 1.165) is 19.3 Å². The molecule has 0 nitrogen and oxygen atoms in total. The summed E-state index contributed by atoms with van der Waals surface area (Å²) < 4.78 is 0. The quantitative estimate of drug-likeness (QED) is 0.136. The summed E-state index contributed by atoms with van der Waals surface area (Å²) in [5, 5.41) is 0. The van der Waals surface area contributed by atoms with E-state index >= 15 is 0 Å². The lowest BCUT2D eigenvalue weighted by atomic mass is 9.63. The molecule has 3 aliphatic rings. The molecular weight excluding hydrogens is 817 g/mol. The first kappa shape index (κ1) is 43.1. The number of allylic oxidation sites excluding steroid dienone is 10. The van der Waals surface area contributed by atoms with Crippen LogP contribution in [0, 0.1) is 11.8 Å². The Kier molecular flexibility index (Phi) is 11.8. The van der Waals surface area contributed by atoms with Gasteiger partial charge in [-0.3, -0.25) is 0 Å². The number of rotatable bonds is 9. The predicted molar refractivity (Wildman–Crippen MR) is 289 cm³/mol. The van der Waals surface area contributed by atoms with Crippen LogP contribution in [0.25, 0.3) is 50.1 Å². The highest BCUT2D eigenvalue weighted by Gasteiger charge is 2.52. The molecule has 11 rings (SSSR count). The van der Waals surface area contributed by atoms with Gasteiger partial charge in [-0.05, 0) is 128 Å². The third-order valence-corrected chi connectivity index (χ3v) is 15.2. The van der Waals surface area contributed by atoms with Crippen LogP contribution >= 0.6 is 0 Å². The number of hydrogen-bond donors (Lipinski definition) is 0. The number of benzene rings is 8. The van der Waals surface area contributed by atoms with Crippen molar-refractivity contribution in [3.05, 3.63) is 293 Å². The van der Waals surface area contributed by atoms with E-state index in [9.17, 15) is 0 Å². The first-order chi connectivity index (χ1) is 33.5. The van der Waals surface area contributed by atoms with Crippen LogP contribution in [0.4, 0.5) is 0 Å². The average molecular weight is 875 g/mol. The summed E-state index contributed by atoms with van der Waals surface area (Å²) in [6.07, 6.45) is 14.8. The average Bonchev–Trinajstić information content (AvgIpc) is 3.73. The molecule has 330 valence electrons. The first-order valence-corrected chi connectivity index (χ1v) is 24.6. The minimum absolute atomic E-state index is 0.280. The molecule has 0 saturated heterocycles. The van der Waals surface area contributed by atoms with Gasteiger partial charge >= 0.3 is 0 Å². The summed E-state index contributed by atoms with van der Waals surface area (Å²) in [4.78, 5) is 0. The Balaban J connectivity index is 0.966. The molecule has 8 aromatic rings. The Morgan fingerprint density at radius 3 is 1.44 bits per heavy atom. The normalized spacial score (nSPS) is 20.4. The molecule has 0 heteroatoms. The van der Waals surface area contributed by atoms with Gasteiger partial charge < -0.3 is 0 Å². The van der Waals surface area contributed by atoms with Crippen LogP contribution in [0.2, 0.25) is 0 Å². The van der Waals surface area contributed by atoms with Gasteiger partial charge in [-0.25, -0.2) is 0 Å². The minimum atomic E-state index is -0.310. The Morgan fingerprint density at radius 1 is 0.426 bits per heavy atom. The summed E-state index contributed by atoms with van der Waals surface area (Å²) in [6, 6.07) is 79.3. The number of hydrogen-bond acceptors (Lipinski definition) is 0. The molecule has 0 aliphatic heterocycles. The molecule has 0 spiro atoms. The maximum absolute atomic E-state index is 2.58. The Labute approximate surface area is 404 Å². The monoisotopic (exact) mass is 874 g/mol. The fourth-order valence-electron chi connectivity index (χ4n) is 11.9. The summed E-state index contributed by atoms with van der Waals surface area (Å²) in [7, 11) is 0. The van der Waals surface area contributed by atoms with E-state index in [-0.39, 0.29) is 17.3 Å². The molecule has 3 aliphatic carbocycles. The van der Waals surface area contributed by atoms with E-state index in [4.69, 9.17) is 0 Å². The molecule has 0 aromatic heterocycles. The van der Waals surface area contributed by atoms with Crippen molar-refractivity contribution in [3.63, 3.8) is 0 Å². The van der Waals surface area contributed by atoms with Crippen molar-refractivity contribution in [1.82, 2.24) is 0 Å². The molecule has 0 fully saturated rings. The van der Waals surface area contributed by atoms with E-state index in [0.29, 0.717) is 5.92 Å². The predicted octanol–water partition coefficient (Wildman–Crippen LogP) is 18.0. The Hall–Kier alpha value is -7.54. The zero-order valence-electron chi connectivity index (χ0n) is 39.4. The van der Waals surface area contributed by atoms with Crippen molar-refractivity contribution in [2.24, 2.45) is 11.8 Å². The van der Waals surface area contributed by atoms with Crippen LogP contribution in [0.15, 0.2) is 254 Å². The van der Waals surface area contributed by atoms with E-state index in [1.54, 1.807) is 0 Å². The maximum Gasteiger partial charge on any atom is 0.0525 e. The summed E-state index contributed by atoms with van der Waals surface area (Å²) in [5.74, 6) is 0.871. The van der Waals surface area contributed by atoms with Crippen LogP contribution in [0.1, 0.15) is 84.9 Å². The van der Waals surface area contributed by atoms with Crippen molar-refractivity contribution in [1.29, 1.82) is 0 Å². The zero-order valence-corrected chi connectivity index (χ0v) is 39.4. The highest BCUT2D eigenvalue weighted by atomic mass is 14.5. The van der Waals surface area contributed by atoms with Crippen LogP contribution in [0.3, 0.4) is 0 Å². The molecule has 68 heavy (non-hydrogen) atoms. The molecule has 0 bridgehead atoms. The van der Waals surface area contributed by atoms with Gasteiger partial charge in [-0.2, -0.15) is 0 Å². The lowest BCUT2D eigenvalue weighted by molar-refractivity contribution is 0.457. The van der Waals surface area contributed by atoms with Gasteiger partial charge in [0.2, 0.25) is 0 Å². The van der Waals surface area contributed by atoms with Gasteiger partial charge in [-0.15, -0.1) is 0 Å². The second kappa shape index (κ2) is 18.6. The summed E-state index contributed by atoms with van der Waals surface area (Å²) >= 11 is 0. The lowest BCUT2D eigenvalue weighted by Gasteiger charge is -2.39. The third kappa shape index (κ3) is 7.88. The molecule has 0 radical (unpaired) electrons. The second-order valence-electron chi connectivity index (χ2n) is 19.1. The Morgan fingerprint density at radius 2 is 0.882 bits per heavy atom. The van der Waals surface area contributed by atoms with Crippen LogP contribution < -0.4 is 0 Å².